The molecule has 1 atom stereocenters. The Labute approximate surface area is 139 Å². The van der Waals surface area contributed by atoms with Gasteiger partial charge in [-0.1, -0.05) is 48.5 Å². The van der Waals surface area contributed by atoms with E-state index < -0.39 is 12.1 Å². The maximum atomic E-state index is 12.5. The van der Waals surface area contributed by atoms with Crippen LogP contribution in [0.25, 0.3) is 0 Å². The third-order valence-corrected chi connectivity index (χ3v) is 4.14. The first-order valence-corrected chi connectivity index (χ1v) is 7.90. The number of rotatable bonds is 4. The molecule has 5 heteroatoms. The fraction of sp³-hybridized carbons (Fsp3) is 0.222. The van der Waals surface area contributed by atoms with Crippen molar-refractivity contribution in [3.63, 3.8) is 0 Å². The van der Waals surface area contributed by atoms with E-state index in [0.29, 0.717) is 12.1 Å². The van der Waals surface area contributed by atoms with Gasteiger partial charge in [0.2, 0.25) is 0 Å². The molecule has 0 aliphatic carbocycles. The Morgan fingerprint density at radius 3 is 2.52 bits per heavy atom. The first-order valence-electron chi connectivity index (χ1n) is 7.37. The van der Waals surface area contributed by atoms with Gasteiger partial charge in [0.1, 0.15) is 12.6 Å². The van der Waals surface area contributed by atoms with Crippen LogP contribution in [0.3, 0.4) is 0 Å². The maximum Gasteiger partial charge on any atom is 0.415 e. The lowest BCUT2D eigenvalue weighted by molar-refractivity contribution is -0.117. The molecule has 2 aromatic carbocycles. The van der Waals surface area contributed by atoms with Crippen molar-refractivity contribution < 1.29 is 14.3 Å². The van der Waals surface area contributed by atoms with E-state index in [1.807, 2.05) is 54.6 Å². The van der Waals surface area contributed by atoms with E-state index in [9.17, 15) is 9.59 Å². The Bertz CT molecular complexity index is 717. The van der Waals surface area contributed by atoms with Gasteiger partial charge < -0.3 is 4.74 Å². The van der Waals surface area contributed by atoms with Gasteiger partial charge in [0.25, 0.3) is 0 Å². The second-order valence-corrected chi connectivity index (χ2v) is 5.63. The molecule has 4 nitrogen and oxygen atoms in total. The van der Waals surface area contributed by atoms with Crippen molar-refractivity contribution in [1.82, 2.24) is 0 Å². The molecule has 1 heterocycles. The summed E-state index contributed by atoms with van der Waals surface area (Å²) < 4.78 is 5.39. The molecule has 1 aliphatic rings. The summed E-state index contributed by atoms with van der Waals surface area (Å²) in [5.74, 6) is -0.305. The predicted molar refractivity (Wildman–Crippen MR) is 88.8 cm³/mol. The van der Waals surface area contributed by atoms with Crippen molar-refractivity contribution in [2.24, 2.45) is 0 Å². The Kier molecular flexibility index (Phi) is 4.63. The molecule has 0 bridgehead atoms. The Hall–Kier alpha value is -2.33. The van der Waals surface area contributed by atoms with E-state index in [0.717, 1.165) is 11.1 Å². The van der Waals surface area contributed by atoms with Crippen LogP contribution in [-0.2, 0) is 22.6 Å². The number of hydrogen-bond donors (Lipinski definition) is 0. The molecule has 0 N–H and O–H groups in total. The molecule has 0 fully saturated rings. The molecule has 1 unspecified atom stereocenters. The lowest BCUT2D eigenvalue weighted by atomic mass is 10.1. The molecular formula is C18H16ClNO3. The molecule has 0 saturated carbocycles. The quantitative estimate of drug-likeness (QED) is 0.806. The number of hydrogen-bond acceptors (Lipinski definition) is 3. The van der Waals surface area contributed by atoms with Crippen LogP contribution in [0.4, 0.5) is 10.5 Å². The van der Waals surface area contributed by atoms with Crippen LogP contribution in [0, 0.1) is 0 Å². The first kappa shape index (κ1) is 15.6. The highest BCUT2D eigenvalue weighted by Crippen LogP contribution is 2.33. The van der Waals surface area contributed by atoms with Gasteiger partial charge in [-0.15, -0.1) is 11.6 Å². The third kappa shape index (κ3) is 3.22. The average Bonchev–Trinajstić information content (AvgIpc) is 2.99. The molecule has 3 rings (SSSR count). The molecule has 0 aromatic heterocycles. The fourth-order valence-corrected chi connectivity index (χ4v) is 2.93. The smallest absolute Gasteiger partial charge is 0.415 e. The number of amides is 1. The number of carbonyl (C=O) groups is 2. The largest absolute Gasteiger partial charge is 0.444 e. The van der Waals surface area contributed by atoms with Gasteiger partial charge >= 0.3 is 6.09 Å². The van der Waals surface area contributed by atoms with Crippen molar-refractivity contribution in [2.75, 3.05) is 10.8 Å². The van der Waals surface area contributed by atoms with Gasteiger partial charge in [0.05, 0.1) is 11.6 Å². The number of carbonyl (C=O) groups excluding carboxylic acids is 2. The Morgan fingerprint density at radius 2 is 1.78 bits per heavy atom. The summed E-state index contributed by atoms with van der Waals surface area (Å²) in [6.07, 6.45) is -0.0513. The van der Waals surface area contributed by atoms with Crippen LogP contribution < -0.4 is 4.90 Å². The SMILES string of the molecule is O=C(CCl)C1Cc2ccccc2N1C(=O)OCc1ccccc1. The zero-order valence-corrected chi connectivity index (χ0v) is 13.2. The van der Waals surface area contributed by atoms with Crippen molar-refractivity contribution in [3.8, 4) is 0 Å². The number of ketones is 1. The zero-order valence-electron chi connectivity index (χ0n) is 12.4. The summed E-state index contributed by atoms with van der Waals surface area (Å²) in [5.41, 5.74) is 2.57. The Balaban J connectivity index is 1.79. The highest BCUT2D eigenvalue weighted by molar-refractivity contribution is 6.29. The van der Waals surface area contributed by atoms with E-state index >= 15 is 0 Å². The van der Waals surface area contributed by atoms with Crippen LogP contribution in [-0.4, -0.2) is 23.8 Å². The van der Waals surface area contributed by atoms with Crippen LogP contribution in [0.15, 0.2) is 54.6 Å². The monoisotopic (exact) mass is 329 g/mol. The van der Waals surface area contributed by atoms with Gasteiger partial charge in [-0.2, -0.15) is 0 Å². The minimum Gasteiger partial charge on any atom is -0.444 e. The number of halogens is 1. The first-order chi connectivity index (χ1) is 11.2. The predicted octanol–water partition coefficient (Wildman–Crippen LogP) is 3.56. The molecule has 1 amide bonds. The highest BCUT2D eigenvalue weighted by atomic mass is 35.5. The number of nitrogens with zero attached hydrogens (tertiary/aromatic N) is 1. The van der Waals surface area contributed by atoms with Crippen LogP contribution in [0.1, 0.15) is 11.1 Å². The number of ether oxygens (including phenoxy) is 1. The number of para-hydroxylation sites is 1. The molecular weight excluding hydrogens is 314 g/mol. The molecule has 2 aromatic rings. The van der Waals surface area contributed by atoms with E-state index in [2.05, 4.69) is 0 Å². The van der Waals surface area contributed by atoms with Gasteiger partial charge in [0.15, 0.2) is 5.78 Å². The van der Waals surface area contributed by atoms with E-state index in [1.54, 1.807) is 0 Å². The topological polar surface area (TPSA) is 46.6 Å². The second kappa shape index (κ2) is 6.84. The summed E-state index contributed by atoms with van der Waals surface area (Å²) >= 11 is 5.69. The van der Waals surface area contributed by atoms with Crippen molar-refractivity contribution in [3.05, 3.63) is 65.7 Å². The lowest BCUT2D eigenvalue weighted by Crippen LogP contribution is -2.43. The minimum absolute atomic E-state index is 0.124. The number of benzene rings is 2. The van der Waals surface area contributed by atoms with Crippen molar-refractivity contribution in [1.29, 1.82) is 0 Å². The lowest BCUT2D eigenvalue weighted by Gasteiger charge is -2.23. The van der Waals surface area contributed by atoms with Crippen LogP contribution >= 0.6 is 11.6 Å². The van der Waals surface area contributed by atoms with Crippen LogP contribution in [0.2, 0.25) is 0 Å². The Morgan fingerprint density at radius 1 is 1.09 bits per heavy atom. The number of anilines is 1. The van der Waals surface area contributed by atoms with Gasteiger partial charge in [-0.25, -0.2) is 4.79 Å². The molecule has 1 aliphatic heterocycles. The average molecular weight is 330 g/mol. The van der Waals surface area contributed by atoms with Crippen molar-refractivity contribution >= 4 is 29.2 Å². The highest BCUT2D eigenvalue weighted by Gasteiger charge is 2.38. The normalized spacial score (nSPS) is 16.0. The number of fused-ring (bicyclic) bond motifs is 1. The molecule has 118 valence electrons. The van der Waals surface area contributed by atoms with Gasteiger partial charge in [-0.05, 0) is 17.2 Å². The van der Waals surface area contributed by atoms with E-state index in [-0.39, 0.29) is 18.3 Å². The standard InChI is InChI=1S/C18H16ClNO3/c19-11-17(21)16-10-14-8-4-5-9-15(14)20(16)18(22)23-12-13-6-2-1-3-7-13/h1-9,16H,10-12H2. The number of alkyl halides is 1. The van der Waals surface area contributed by atoms with E-state index in [1.165, 1.54) is 4.90 Å². The minimum atomic E-state index is -0.590. The summed E-state index contributed by atoms with van der Waals surface area (Å²) in [6, 6.07) is 16.3. The van der Waals surface area contributed by atoms with Gasteiger partial charge in [0, 0.05) is 6.42 Å². The summed E-state index contributed by atoms with van der Waals surface area (Å²) in [5, 5.41) is 0. The van der Waals surface area contributed by atoms with Crippen molar-refractivity contribution in [2.45, 2.75) is 19.1 Å². The zero-order chi connectivity index (χ0) is 16.2. The summed E-state index contributed by atoms with van der Waals surface area (Å²) in [7, 11) is 0. The fourth-order valence-electron chi connectivity index (χ4n) is 2.75. The van der Waals surface area contributed by atoms with E-state index in [4.69, 9.17) is 16.3 Å². The maximum absolute atomic E-state index is 12.5. The van der Waals surface area contributed by atoms with Gasteiger partial charge in [-0.3, -0.25) is 9.69 Å². The molecule has 0 saturated heterocycles. The summed E-state index contributed by atoms with van der Waals surface area (Å²) in [6.45, 7) is 0.167. The van der Waals surface area contributed by atoms with Crippen LogP contribution in [0.5, 0.6) is 0 Å². The summed E-state index contributed by atoms with van der Waals surface area (Å²) in [4.78, 5) is 26.0. The second-order valence-electron chi connectivity index (χ2n) is 5.36. The number of Topliss-reactive ketones (excluding diaryl/α,β-unsaturated/α-hetero) is 1. The molecule has 23 heavy (non-hydrogen) atoms. The molecule has 0 radical (unpaired) electrons. The third-order valence-electron chi connectivity index (χ3n) is 3.88. The molecule has 0 spiro atoms.